The lowest BCUT2D eigenvalue weighted by Gasteiger charge is -2.47. The van der Waals surface area contributed by atoms with Gasteiger partial charge in [0.15, 0.2) is 0 Å². The zero-order chi connectivity index (χ0) is 20.7. The predicted octanol–water partition coefficient (Wildman–Crippen LogP) is 4.64. The van der Waals surface area contributed by atoms with Gasteiger partial charge in [-0.25, -0.2) is 0 Å². The normalized spacial score (nSPS) is 23.4. The third-order valence-corrected chi connectivity index (χ3v) is 6.39. The number of hydrogen-bond donors (Lipinski definition) is 1. The minimum absolute atomic E-state index is 0.0475. The number of Topliss-reactive ketones (excluding diaryl/α,β-unsaturated/α-hetero) is 1. The summed E-state index contributed by atoms with van der Waals surface area (Å²) in [6, 6.07) is 3.48. The first-order valence-corrected chi connectivity index (χ1v) is 10.3. The van der Waals surface area contributed by atoms with E-state index in [9.17, 15) is 14.7 Å². The van der Waals surface area contributed by atoms with Gasteiger partial charge in [-0.3, -0.25) is 9.59 Å². The van der Waals surface area contributed by atoms with E-state index in [0.29, 0.717) is 36.3 Å². The summed E-state index contributed by atoms with van der Waals surface area (Å²) in [5.74, 6) is 0.719. The number of ketones is 1. The highest BCUT2D eigenvalue weighted by Crippen LogP contribution is 2.54. The third-order valence-electron chi connectivity index (χ3n) is 6.39. The lowest BCUT2D eigenvalue weighted by atomic mass is 9.66. The lowest BCUT2D eigenvalue weighted by Crippen LogP contribution is -2.47. The van der Waals surface area contributed by atoms with Crippen LogP contribution in [0.15, 0.2) is 12.1 Å². The Morgan fingerprint density at radius 1 is 1.36 bits per heavy atom. The maximum atomic E-state index is 12.6. The molecule has 0 unspecified atom stereocenters. The summed E-state index contributed by atoms with van der Waals surface area (Å²) < 4.78 is 11.7. The Kier molecular flexibility index (Phi) is 5.48. The molecular formula is C23H32O5. The monoisotopic (exact) mass is 388 g/mol. The van der Waals surface area contributed by atoms with Crippen LogP contribution in [-0.2, 0) is 19.7 Å². The van der Waals surface area contributed by atoms with Gasteiger partial charge in [0, 0.05) is 30.2 Å². The van der Waals surface area contributed by atoms with Crippen LogP contribution in [0.1, 0.15) is 83.8 Å². The second-order valence-corrected chi connectivity index (χ2v) is 9.22. The van der Waals surface area contributed by atoms with Crippen LogP contribution in [0.2, 0.25) is 0 Å². The number of carbonyl (C=O) groups is 2. The molecule has 1 aliphatic carbocycles. The van der Waals surface area contributed by atoms with Gasteiger partial charge in [-0.05, 0) is 58.2 Å². The molecule has 5 heteroatoms. The number of rotatable bonds is 5. The molecule has 1 saturated carbocycles. The fourth-order valence-corrected chi connectivity index (χ4v) is 4.54. The molecule has 1 heterocycles. The summed E-state index contributed by atoms with van der Waals surface area (Å²) in [5, 5.41) is 10.8. The van der Waals surface area contributed by atoms with Crippen LogP contribution in [0.4, 0.5) is 0 Å². The highest BCUT2D eigenvalue weighted by molar-refractivity contribution is 5.83. The van der Waals surface area contributed by atoms with Crippen LogP contribution in [-0.4, -0.2) is 29.1 Å². The van der Waals surface area contributed by atoms with Gasteiger partial charge in [0.1, 0.15) is 22.9 Å². The Bertz CT molecular complexity index is 777. The zero-order valence-electron chi connectivity index (χ0n) is 17.6. The van der Waals surface area contributed by atoms with Crippen molar-refractivity contribution in [3.63, 3.8) is 0 Å². The lowest BCUT2D eigenvalue weighted by molar-refractivity contribution is -0.149. The van der Waals surface area contributed by atoms with E-state index in [2.05, 4.69) is 0 Å². The van der Waals surface area contributed by atoms with Crippen molar-refractivity contribution < 1.29 is 24.2 Å². The third kappa shape index (κ3) is 3.63. The van der Waals surface area contributed by atoms with Crippen molar-refractivity contribution in [3.05, 3.63) is 23.3 Å². The molecule has 0 radical (unpaired) electrons. The van der Waals surface area contributed by atoms with Crippen molar-refractivity contribution in [2.45, 2.75) is 83.7 Å². The molecule has 1 N–H and O–H groups in total. The molecule has 3 rings (SSSR count). The number of phenolic OH excluding ortho intramolecular Hbond substituents is 1. The molecule has 2 aliphatic rings. The van der Waals surface area contributed by atoms with E-state index in [4.69, 9.17) is 9.47 Å². The Hall–Kier alpha value is -2.04. The van der Waals surface area contributed by atoms with E-state index in [1.807, 2.05) is 26.8 Å². The highest BCUT2D eigenvalue weighted by Gasteiger charge is 2.48. The fourth-order valence-electron chi connectivity index (χ4n) is 4.54. The molecular weight excluding hydrogens is 356 g/mol. The van der Waals surface area contributed by atoms with Crippen LogP contribution in [0.3, 0.4) is 0 Å². The van der Waals surface area contributed by atoms with Crippen LogP contribution < -0.4 is 4.74 Å². The van der Waals surface area contributed by atoms with E-state index in [0.717, 1.165) is 19.3 Å². The van der Waals surface area contributed by atoms with Crippen molar-refractivity contribution in [2.24, 2.45) is 5.92 Å². The maximum Gasteiger partial charge on any atom is 0.315 e. The molecule has 1 aromatic carbocycles. The first-order valence-electron chi connectivity index (χ1n) is 10.3. The van der Waals surface area contributed by atoms with E-state index in [1.165, 1.54) is 0 Å². The van der Waals surface area contributed by atoms with Crippen molar-refractivity contribution in [1.29, 1.82) is 0 Å². The minimum Gasteiger partial charge on any atom is -0.508 e. The van der Waals surface area contributed by atoms with Gasteiger partial charge < -0.3 is 14.6 Å². The predicted molar refractivity (Wildman–Crippen MR) is 107 cm³/mol. The van der Waals surface area contributed by atoms with Crippen molar-refractivity contribution in [1.82, 2.24) is 0 Å². The largest absolute Gasteiger partial charge is 0.508 e. The van der Waals surface area contributed by atoms with Gasteiger partial charge >= 0.3 is 5.97 Å². The molecule has 0 aromatic heterocycles. The van der Waals surface area contributed by atoms with Crippen molar-refractivity contribution in [3.8, 4) is 11.5 Å². The SMILES string of the molecule is CCCCOC(=O)C(C)(C)c1cc(O)c2c(c1)OC(C)(C)[C@@H]1CCC(=O)C[C@@H]21. The van der Waals surface area contributed by atoms with Gasteiger partial charge in [0.05, 0.1) is 12.0 Å². The maximum absolute atomic E-state index is 12.6. The second-order valence-electron chi connectivity index (χ2n) is 9.22. The second kappa shape index (κ2) is 7.41. The molecule has 5 nitrogen and oxygen atoms in total. The van der Waals surface area contributed by atoms with Gasteiger partial charge in [0.25, 0.3) is 0 Å². The first-order chi connectivity index (χ1) is 13.1. The topological polar surface area (TPSA) is 72.8 Å². The molecule has 1 fully saturated rings. The van der Waals surface area contributed by atoms with Crippen LogP contribution >= 0.6 is 0 Å². The number of benzene rings is 1. The van der Waals surface area contributed by atoms with E-state index in [-0.39, 0.29) is 29.3 Å². The summed E-state index contributed by atoms with van der Waals surface area (Å²) in [4.78, 5) is 24.7. The Balaban J connectivity index is 1.98. The number of phenols is 1. The van der Waals surface area contributed by atoms with Gasteiger partial charge in [-0.15, -0.1) is 0 Å². The number of fused-ring (bicyclic) bond motifs is 3. The quantitative estimate of drug-likeness (QED) is 0.588. The van der Waals surface area contributed by atoms with Gasteiger partial charge in [0.2, 0.25) is 0 Å². The summed E-state index contributed by atoms with van der Waals surface area (Å²) >= 11 is 0. The van der Waals surface area contributed by atoms with Crippen molar-refractivity contribution >= 4 is 11.8 Å². The number of aromatic hydroxyl groups is 1. The van der Waals surface area contributed by atoms with Crippen LogP contribution in [0, 0.1) is 5.92 Å². The number of unbranched alkanes of at least 4 members (excludes halogenated alkanes) is 1. The number of hydrogen-bond acceptors (Lipinski definition) is 5. The first kappa shape index (κ1) is 20.7. The highest BCUT2D eigenvalue weighted by atomic mass is 16.5. The summed E-state index contributed by atoms with van der Waals surface area (Å²) in [6.45, 7) is 10.1. The minimum atomic E-state index is -0.910. The molecule has 28 heavy (non-hydrogen) atoms. The standard InChI is InChI=1S/C23H32O5/c1-6-7-10-27-21(26)22(2,3)14-11-18(25)20-16-13-15(24)8-9-17(16)23(4,5)28-19(20)12-14/h11-12,16-17,25H,6-10,13H2,1-5H3/t16-,17-/m1/s1. The summed E-state index contributed by atoms with van der Waals surface area (Å²) in [6.07, 6.45) is 3.55. The molecule has 1 aliphatic heterocycles. The fraction of sp³-hybridized carbons (Fsp3) is 0.652. The number of carbonyl (C=O) groups excluding carboxylic acids is 2. The van der Waals surface area contributed by atoms with Gasteiger partial charge in [-0.1, -0.05) is 13.3 Å². The number of ether oxygens (including phenoxy) is 2. The Labute approximate surface area is 167 Å². The summed E-state index contributed by atoms with van der Waals surface area (Å²) in [5.41, 5.74) is 0.0141. The van der Waals surface area contributed by atoms with Gasteiger partial charge in [-0.2, -0.15) is 0 Å². The molecule has 0 amide bonds. The van der Waals surface area contributed by atoms with Crippen LogP contribution in [0.5, 0.6) is 11.5 Å². The molecule has 1 aromatic rings. The summed E-state index contributed by atoms with van der Waals surface area (Å²) in [7, 11) is 0. The van der Waals surface area contributed by atoms with Crippen LogP contribution in [0.25, 0.3) is 0 Å². The molecule has 0 bridgehead atoms. The van der Waals surface area contributed by atoms with E-state index >= 15 is 0 Å². The Morgan fingerprint density at radius 3 is 2.75 bits per heavy atom. The Morgan fingerprint density at radius 2 is 2.07 bits per heavy atom. The average Bonchev–Trinajstić information content (AvgIpc) is 2.60. The smallest absolute Gasteiger partial charge is 0.315 e. The molecule has 0 spiro atoms. The van der Waals surface area contributed by atoms with E-state index < -0.39 is 11.0 Å². The zero-order valence-corrected chi connectivity index (χ0v) is 17.6. The number of esters is 1. The molecule has 2 atom stereocenters. The molecule has 154 valence electrons. The van der Waals surface area contributed by atoms with Crippen molar-refractivity contribution in [2.75, 3.05) is 6.61 Å². The van der Waals surface area contributed by atoms with E-state index in [1.54, 1.807) is 19.9 Å². The molecule has 0 saturated heterocycles. The average molecular weight is 389 g/mol.